The molecule has 4 rings (SSSR count). The van der Waals surface area contributed by atoms with Crippen LogP contribution >= 0.6 is 11.6 Å². The van der Waals surface area contributed by atoms with Gasteiger partial charge in [-0.15, -0.1) is 21.8 Å². The lowest BCUT2D eigenvalue weighted by Gasteiger charge is -2.41. The first-order chi connectivity index (χ1) is 16.4. The Balaban J connectivity index is 1.43. The highest BCUT2D eigenvalue weighted by atomic mass is 35.5. The van der Waals surface area contributed by atoms with Crippen LogP contribution in [0.25, 0.3) is 0 Å². The van der Waals surface area contributed by atoms with E-state index < -0.39 is 37.1 Å². The largest absolute Gasteiger partial charge is 0.480 e. The van der Waals surface area contributed by atoms with Crippen molar-refractivity contribution in [3.8, 4) is 17.5 Å². The van der Waals surface area contributed by atoms with Gasteiger partial charge in [0.2, 0.25) is 11.8 Å². The van der Waals surface area contributed by atoms with E-state index in [0.29, 0.717) is 29.5 Å². The summed E-state index contributed by atoms with van der Waals surface area (Å²) in [4.78, 5) is 0. The predicted octanol–water partition coefficient (Wildman–Crippen LogP) is 1.38. The molecular formula is C24H27ClN2O7. The van der Waals surface area contributed by atoms with Gasteiger partial charge >= 0.3 is 0 Å². The highest BCUT2D eigenvalue weighted by molar-refractivity contribution is 6.22. The Morgan fingerprint density at radius 2 is 1.68 bits per heavy atom. The molecule has 182 valence electrons. The lowest BCUT2D eigenvalue weighted by molar-refractivity contribution is -0.218. The van der Waals surface area contributed by atoms with Crippen LogP contribution in [0.2, 0.25) is 0 Å². The number of aliphatic hydroxyl groups is 4. The minimum Gasteiger partial charge on any atom is -0.480 e. The summed E-state index contributed by atoms with van der Waals surface area (Å²) in [6.07, 6.45) is 0.0534. The maximum atomic E-state index is 10.4. The zero-order valence-electron chi connectivity index (χ0n) is 18.4. The lowest BCUT2D eigenvalue weighted by atomic mass is 9.84. The van der Waals surface area contributed by atoms with Gasteiger partial charge in [-0.3, -0.25) is 0 Å². The van der Waals surface area contributed by atoms with Crippen molar-refractivity contribution >= 4 is 11.6 Å². The summed E-state index contributed by atoms with van der Waals surface area (Å²) in [5.74, 6) is 1.25. The normalized spacial score (nSPS) is 31.1. The maximum Gasteiger partial charge on any atom is 0.239 e. The number of aromatic nitrogens is 2. The van der Waals surface area contributed by atoms with Crippen molar-refractivity contribution in [3.63, 3.8) is 0 Å². The molecule has 4 N–H and O–H groups in total. The topological polar surface area (TPSA) is 134 Å². The molecule has 1 aromatic heterocycles. The third kappa shape index (κ3) is 5.41. The lowest BCUT2D eigenvalue weighted by Crippen LogP contribution is -2.58. The number of methoxy groups -OCH3 is 1. The van der Waals surface area contributed by atoms with E-state index in [1.54, 1.807) is 18.2 Å². The third-order valence-electron chi connectivity index (χ3n) is 5.95. The fourth-order valence-electron chi connectivity index (χ4n) is 4.04. The molecule has 0 amide bonds. The highest BCUT2D eigenvalue weighted by Crippen LogP contribution is 2.33. The van der Waals surface area contributed by atoms with E-state index in [9.17, 15) is 20.4 Å². The second kappa shape index (κ2) is 10.8. The number of benzene rings is 1. The molecule has 1 saturated heterocycles. The summed E-state index contributed by atoms with van der Waals surface area (Å²) in [5.41, 5.74) is 1.65. The highest BCUT2D eigenvalue weighted by Gasteiger charge is 2.44. The van der Waals surface area contributed by atoms with Crippen molar-refractivity contribution in [2.75, 3.05) is 13.7 Å². The van der Waals surface area contributed by atoms with Crippen molar-refractivity contribution in [1.29, 1.82) is 0 Å². The minimum atomic E-state index is -1.43. The first-order valence-corrected chi connectivity index (χ1v) is 11.3. The van der Waals surface area contributed by atoms with Crippen LogP contribution in [0.5, 0.6) is 17.5 Å². The summed E-state index contributed by atoms with van der Waals surface area (Å²) in [6, 6.07) is 10.8. The molecule has 0 saturated carbocycles. The van der Waals surface area contributed by atoms with Crippen LogP contribution in [0.4, 0.5) is 0 Å². The number of rotatable bonds is 7. The molecule has 0 radical (unpaired) electrons. The van der Waals surface area contributed by atoms with Crippen LogP contribution in [0, 0.1) is 5.92 Å². The zero-order valence-corrected chi connectivity index (χ0v) is 19.2. The van der Waals surface area contributed by atoms with Crippen LogP contribution in [0.1, 0.15) is 5.56 Å². The number of nitrogens with zero attached hydrogens (tertiary/aromatic N) is 2. The zero-order chi connectivity index (χ0) is 24.2. The molecule has 0 bridgehead atoms. The molecule has 1 aliphatic carbocycles. The number of ether oxygens (including phenoxy) is 3. The number of hydrogen-bond donors (Lipinski definition) is 4. The van der Waals surface area contributed by atoms with Gasteiger partial charge in [0.15, 0.2) is 0 Å². The number of aliphatic hydroxyl groups excluding tert-OH is 4. The van der Waals surface area contributed by atoms with E-state index in [4.69, 9.17) is 25.8 Å². The summed E-state index contributed by atoms with van der Waals surface area (Å²) in [5, 5.41) is 47.6. The fourth-order valence-corrected chi connectivity index (χ4v) is 4.27. The van der Waals surface area contributed by atoms with Gasteiger partial charge in [-0.05, 0) is 29.7 Å². The fraction of sp³-hybridized carbons (Fsp3) is 0.417. The first-order valence-electron chi connectivity index (χ1n) is 10.9. The Labute approximate surface area is 201 Å². The van der Waals surface area contributed by atoms with Gasteiger partial charge in [-0.1, -0.05) is 30.4 Å². The van der Waals surface area contributed by atoms with E-state index in [1.807, 2.05) is 36.4 Å². The monoisotopic (exact) mass is 490 g/mol. The quantitative estimate of drug-likeness (QED) is 0.424. The second-order valence-corrected chi connectivity index (χ2v) is 8.75. The van der Waals surface area contributed by atoms with Crippen LogP contribution < -0.4 is 9.47 Å². The van der Waals surface area contributed by atoms with Crippen molar-refractivity contribution in [1.82, 2.24) is 10.2 Å². The van der Waals surface area contributed by atoms with Gasteiger partial charge in [0.1, 0.15) is 36.3 Å². The predicted molar refractivity (Wildman–Crippen MR) is 123 cm³/mol. The average molecular weight is 491 g/mol. The van der Waals surface area contributed by atoms with Crippen LogP contribution in [-0.2, 0) is 11.2 Å². The Kier molecular flexibility index (Phi) is 7.82. The first kappa shape index (κ1) is 24.6. The van der Waals surface area contributed by atoms with Crippen molar-refractivity contribution in [3.05, 3.63) is 65.8 Å². The molecule has 2 aliphatic rings. The van der Waals surface area contributed by atoms with Gasteiger partial charge in [0, 0.05) is 18.1 Å². The smallest absolute Gasteiger partial charge is 0.239 e. The summed E-state index contributed by atoms with van der Waals surface area (Å²) in [7, 11) is 1.51. The van der Waals surface area contributed by atoms with E-state index in [-0.39, 0.29) is 11.3 Å². The minimum absolute atomic E-state index is 0.103. The molecule has 34 heavy (non-hydrogen) atoms. The van der Waals surface area contributed by atoms with Crippen LogP contribution in [-0.4, -0.2) is 80.2 Å². The average Bonchev–Trinajstić information content (AvgIpc) is 2.86. The molecule has 9 nitrogen and oxygen atoms in total. The van der Waals surface area contributed by atoms with Gasteiger partial charge in [-0.25, -0.2) is 0 Å². The van der Waals surface area contributed by atoms with E-state index in [2.05, 4.69) is 10.2 Å². The van der Waals surface area contributed by atoms with E-state index in [0.717, 1.165) is 5.56 Å². The number of alkyl halides is 1. The molecule has 7 atom stereocenters. The molecule has 2 aromatic rings. The molecule has 1 aromatic carbocycles. The molecular weight excluding hydrogens is 464 g/mol. The van der Waals surface area contributed by atoms with E-state index >= 15 is 0 Å². The summed E-state index contributed by atoms with van der Waals surface area (Å²) in [6.45, 7) is -0.476. The van der Waals surface area contributed by atoms with Gasteiger partial charge < -0.3 is 34.6 Å². The molecule has 1 fully saturated rings. The summed E-state index contributed by atoms with van der Waals surface area (Å²) < 4.78 is 16.4. The molecule has 4 unspecified atom stereocenters. The van der Waals surface area contributed by atoms with E-state index in [1.165, 1.54) is 7.11 Å². The Bertz CT molecular complexity index is 1010. The number of allylic oxidation sites excluding steroid dienone is 2. The molecule has 1 aliphatic heterocycles. The Morgan fingerprint density at radius 1 is 0.971 bits per heavy atom. The molecule has 0 spiro atoms. The Morgan fingerprint density at radius 3 is 2.32 bits per heavy atom. The SMILES string of the molecule is COc1ccc(Oc2ccc(CC3C=C(C4O[C@H](CO)[C@@H](O)C(O)[C@H]4O)C=CC3Cl)cc2)nn1. The van der Waals surface area contributed by atoms with Gasteiger partial charge in [0.25, 0.3) is 0 Å². The van der Waals surface area contributed by atoms with Crippen molar-refractivity contribution in [2.24, 2.45) is 5.92 Å². The van der Waals surface area contributed by atoms with Gasteiger partial charge in [-0.2, -0.15) is 0 Å². The molecule has 10 heteroatoms. The summed E-state index contributed by atoms with van der Waals surface area (Å²) >= 11 is 6.53. The van der Waals surface area contributed by atoms with Crippen LogP contribution in [0.15, 0.2) is 60.2 Å². The Hall–Kier alpha value is -2.53. The maximum absolute atomic E-state index is 10.4. The number of hydrogen-bond acceptors (Lipinski definition) is 9. The van der Waals surface area contributed by atoms with Crippen LogP contribution in [0.3, 0.4) is 0 Å². The second-order valence-electron chi connectivity index (χ2n) is 8.25. The van der Waals surface area contributed by atoms with Gasteiger partial charge in [0.05, 0.1) is 19.1 Å². The third-order valence-corrected chi connectivity index (χ3v) is 6.42. The van der Waals surface area contributed by atoms with Crippen molar-refractivity contribution in [2.45, 2.75) is 42.3 Å². The molecule has 2 heterocycles. The standard InChI is InChI=1S/C24H27ClN2O7/c1-32-19-8-9-20(27-26-19)33-16-5-2-13(3-6-16)10-15-11-14(4-7-17(15)25)24-23(31)22(30)21(29)18(12-28)34-24/h2-9,11,15,17-18,21-24,28-31H,10,12H2,1H3/t15?,17?,18-,21-,22?,23-,24?/m1/s1. The number of halogens is 1. The van der Waals surface area contributed by atoms with Crippen molar-refractivity contribution < 1.29 is 34.6 Å².